The molecule has 0 saturated heterocycles. The molecule has 5 aromatic rings. The summed E-state index contributed by atoms with van der Waals surface area (Å²) >= 11 is 7.44. The molecule has 0 bridgehead atoms. The number of aryl methyl sites for hydroxylation is 3. The average molecular weight is 652 g/mol. The maximum absolute atomic E-state index is 15.2. The predicted octanol–water partition coefficient (Wildman–Crippen LogP) is 6.62. The van der Waals surface area contributed by atoms with E-state index in [0.717, 1.165) is 22.5 Å². The monoisotopic (exact) mass is 651 g/mol. The van der Waals surface area contributed by atoms with E-state index in [1.165, 1.54) is 15.9 Å². The van der Waals surface area contributed by atoms with Crippen LogP contribution in [-0.4, -0.2) is 29.4 Å². The van der Waals surface area contributed by atoms with Crippen molar-refractivity contribution in [3.63, 3.8) is 0 Å². The molecule has 4 heterocycles. The molecule has 0 aliphatic carbocycles. The Labute approximate surface area is 272 Å². The van der Waals surface area contributed by atoms with Crippen LogP contribution in [0.3, 0.4) is 0 Å². The fourth-order valence-corrected chi connectivity index (χ4v) is 7.45. The van der Waals surface area contributed by atoms with Crippen LogP contribution in [0.15, 0.2) is 82.5 Å². The second kappa shape index (κ2) is 10.8. The van der Waals surface area contributed by atoms with Gasteiger partial charge in [-0.1, -0.05) is 72.0 Å². The normalized spacial score (nSPS) is 16.8. The molecule has 1 spiro atoms. The number of hydrogen-bond donors (Lipinski definition) is 0. The van der Waals surface area contributed by atoms with Gasteiger partial charge in [0.25, 0.3) is 11.8 Å². The van der Waals surface area contributed by atoms with Gasteiger partial charge in [0.15, 0.2) is 16.1 Å². The van der Waals surface area contributed by atoms with Crippen LogP contribution in [0.1, 0.15) is 53.7 Å². The lowest BCUT2D eigenvalue weighted by Crippen LogP contribution is -2.53. The van der Waals surface area contributed by atoms with Crippen LogP contribution in [0, 0.1) is 20.8 Å². The van der Waals surface area contributed by atoms with E-state index in [0.29, 0.717) is 27.5 Å². The molecule has 11 heteroatoms. The standard InChI is InChI=1S/C35H26ClN3O6S/c1-5-14-44-32(42)30-20(4)37-34(46-30)39-31(41)29-27(28(40)22-15-18(2)19(3)16-26(22)45-29)35(39)23-11-7-9-13-25(23)38(33(35)43)17-21-10-6-8-12-24(21)36/h5-13,15-16H,1,14,17H2,2-4H3. The minimum atomic E-state index is -1.98. The van der Waals surface area contributed by atoms with Crippen molar-refractivity contribution in [3.8, 4) is 0 Å². The van der Waals surface area contributed by atoms with Crippen LogP contribution in [0.25, 0.3) is 11.0 Å². The number of thiazole rings is 1. The fourth-order valence-electron chi connectivity index (χ4n) is 6.24. The molecule has 7 rings (SSSR count). The van der Waals surface area contributed by atoms with E-state index in [1.807, 2.05) is 26.0 Å². The molecule has 46 heavy (non-hydrogen) atoms. The first-order chi connectivity index (χ1) is 22.1. The number of aromatic nitrogens is 1. The second-order valence-corrected chi connectivity index (χ2v) is 12.6. The Morgan fingerprint density at radius 2 is 1.78 bits per heavy atom. The van der Waals surface area contributed by atoms with Crippen LogP contribution in [0.4, 0.5) is 10.8 Å². The Bertz CT molecular complexity index is 2220. The zero-order valence-electron chi connectivity index (χ0n) is 25.0. The summed E-state index contributed by atoms with van der Waals surface area (Å²) in [5.41, 5.74) is 1.25. The Morgan fingerprint density at radius 3 is 2.54 bits per heavy atom. The van der Waals surface area contributed by atoms with Crippen molar-refractivity contribution in [1.29, 1.82) is 0 Å². The van der Waals surface area contributed by atoms with E-state index < -0.39 is 28.8 Å². The highest BCUT2D eigenvalue weighted by atomic mass is 35.5. The van der Waals surface area contributed by atoms with Crippen molar-refractivity contribution < 1.29 is 23.5 Å². The summed E-state index contributed by atoms with van der Waals surface area (Å²) in [6.45, 7) is 9.00. The highest BCUT2D eigenvalue weighted by Gasteiger charge is 2.66. The van der Waals surface area contributed by atoms with Gasteiger partial charge in [0.05, 0.1) is 28.9 Å². The molecular weight excluding hydrogens is 626 g/mol. The maximum atomic E-state index is 15.2. The number of ether oxygens (including phenoxy) is 1. The molecule has 2 amide bonds. The molecule has 2 aliphatic rings. The number of carbonyl (C=O) groups excluding carboxylic acids is 3. The van der Waals surface area contributed by atoms with Crippen LogP contribution < -0.4 is 15.2 Å². The minimum Gasteiger partial charge on any atom is -0.457 e. The van der Waals surface area contributed by atoms with E-state index >= 15 is 4.79 Å². The highest BCUT2D eigenvalue weighted by Crippen LogP contribution is 2.55. The third-order valence-electron chi connectivity index (χ3n) is 8.52. The lowest BCUT2D eigenvalue weighted by Gasteiger charge is -2.32. The van der Waals surface area contributed by atoms with Crippen molar-refractivity contribution in [2.45, 2.75) is 32.9 Å². The first-order valence-corrected chi connectivity index (χ1v) is 15.6. The van der Waals surface area contributed by atoms with E-state index in [9.17, 15) is 14.4 Å². The Balaban J connectivity index is 1.53. The summed E-state index contributed by atoms with van der Waals surface area (Å²) in [5, 5.41) is 0.746. The number of benzene rings is 3. The topological polar surface area (TPSA) is 110 Å². The molecule has 2 aromatic heterocycles. The van der Waals surface area contributed by atoms with Gasteiger partial charge in [-0.25, -0.2) is 9.78 Å². The summed E-state index contributed by atoms with van der Waals surface area (Å²) in [7, 11) is 0. The van der Waals surface area contributed by atoms with Crippen LogP contribution in [0.5, 0.6) is 0 Å². The van der Waals surface area contributed by atoms with Crippen LogP contribution in [0.2, 0.25) is 5.02 Å². The molecule has 0 N–H and O–H groups in total. The SMILES string of the molecule is C=CCOC(=O)c1sc(N2C(=O)c3oc4cc(C)c(C)cc4c(=O)c3C23C(=O)N(Cc2ccccc2Cl)c2ccccc23)nc1C. The number of carbonyl (C=O) groups is 3. The third kappa shape index (κ3) is 4.10. The number of nitrogens with zero attached hydrogens (tertiary/aromatic N) is 3. The zero-order chi connectivity index (χ0) is 32.5. The molecule has 0 fully saturated rings. The maximum Gasteiger partial charge on any atom is 0.350 e. The van der Waals surface area contributed by atoms with Gasteiger partial charge in [-0.2, -0.15) is 0 Å². The van der Waals surface area contributed by atoms with Crippen molar-refractivity contribution in [2.75, 3.05) is 16.4 Å². The number of halogens is 1. The lowest BCUT2D eigenvalue weighted by atomic mass is 9.84. The molecule has 9 nitrogen and oxygen atoms in total. The number of rotatable bonds is 6. The Morgan fingerprint density at radius 1 is 1.07 bits per heavy atom. The number of hydrogen-bond acceptors (Lipinski definition) is 8. The number of para-hydroxylation sites is 1. The lowest BCUT2D eigenvalue weighted by molar-refractivity contribution is -0.121. The summed E-state index contributed by atoms with van der Waals surface area (Å²) < 4.78 is 11.5. The quantitative estimate of drug-likeness (QED) is 0.150. The summed E-state index contributed by atoms with van der Waals surface area (Å²) in [4.78, 5) is 64.7. The van der Waals surface area contributed by atoms with Gasteiger partial charge < -0.3 is 14.1 Å². The molecule has 1 unspecified atom stereocenters. The van der Waals surface area contributed by atoms with Gasteiger partial charge in [-0.15, -0.1) is 0 Å². The van der Waals surface area contributed by atoms with Crippen molar-refractivity contribution in [3.05, 3.63) is 133 Å². The largest absolute Gasteiger partial charge is 0.457 e. The van der Waals surface area contributed by atoms with Gasteiger partial charge in [0.1, 0.15) is 17.1 Å². The molecule has 3 aromatic carbocycles. The fraction of sp³-hybridized carbons (Fsp3) is 0.171. The number of esters is 1. The minimum absolute atomic E-state index is 0.0176. The van der Waals surface area contributed by atoms with E-state index in [-0.39, 0.29) is 45.5 Å². The van der Waals surface area contributed by atoms with Gasteiger partial charge >= 0.3 is 5.97 Å². The Kier molecular flexibility index (Phi) is 6.95. The van der Waals surface area contributed by atoms with Gasteiger partial charge in [-0.3, -0.25) is 19.3 Å². The summed E-state index contributed by atoms with van der Waals surface area (Å²) in [6.07, 6.45) is 1.44. The van der Waals surface area contributed by atoms with Crippen molar-refractivity contribution >= 4 is 62.5 Å². The molecule has 0 saturated carbocycles. The number of anilines is 2. The molecule has 1 atom stereocenters. The average Bonchev–Trinajstić information content (AvgIpc) is 3.62. The number of amides is 2. The van der Waals surface area contributed by atoms with Gasteiger partial charge in [-0.05, 0) is 61.7 Å². The first kappa shape index (κ1) is 29.6. The van der Waals surface area contributed by atoms with Crippen LogP contribution >= 0.6 is 22.9 Å². The van der Waals surface area contributed by atoms with Gasteiger partial charge in [0.2, 0.25) is 5.76 Å². The third-order valence-corrected chi connectivity index (χ3v) is 10.0. The van der Waals surface area contributed by atoms with Crippen molar-refractivity contribution in [2.24, 2.45) is 0 Å². The zero-order valence-corrected chi connectivity index (χ0v) is 26.6. The van der Waals surface area contributed by atoms with E-state index in [1.54, 1.807) is 55.5 Å². The molecule has 2 aliphatic heterocycles. The molecule has 230 valence electrons. The highest BCUT2D eigenvalue weighted by molar-refractivity contribution is 7.17. The summed E-state index contributed by atoms with van der Waals surface area (Å²) in [5.74, 6) is -2.19. The Hall–Kier alpha value is -5.06. The summed E-state index contributed by atoms with van der Waals surface area (Å²) in [6, 6.07) is 17.6. The van der Waals surface area contributed by atoms with E-state index in [2.05, 4.69) is 11.6 Å². The van der Waals surface area contributed by atoms with Crippen molar-refractivity contribution in [1.82, 2.24) is 4.98 Å². The van der Waals surface area contributed by atoms with Gasteiger partial charge in [0, 0.05) is 10.6 Å². The number of fused-ring (bicyclic) bond motifs is 5. The second-order valence-electron chi connectivity index (χ2n) is 11.2. The van der Waals surface area contributed by atoms with E-state index in [4.69, 9.17) is 20.8 Å². The first-order valence-electron chi connectivity index (χ1n) is 14.4. The predicted molar refractivity (Wildman–Crippen MR) is 176 cm³/mol. The van der Waals surface area contributed by atoms with Crippen LogP contribution in [-0.2, 0) is 21.6 Å². The smallest absolute Gasteiger partial charge is 0.350 e. The molecule has 0 radical (unpaired) electrons. The molecular formula is C35H26ClN3O6S.